The topological polar surface area (TPSA) is 60.6 Å². The van der Waals surface area contributed by atoms with Gasteiger partial charge in [-0.15, -0.1) is 35.4 Å². The molecule has 6 aromatic carbocycles. The maximum atomic E-state index is 5.56. The Kier molecular flexibility index (Phi) is 11.6. The van der Waals surface area contributed by atoms with E-state index in [9.17, 15) is 0 Å². The fourth-order valence-corrected chi connectivity index (χ4v) is 7.96. The number of para-hydroxylation sites is 4. The molecule has 0 radical (unpaired) electrons. The molecule has 0 bridgehead atoms. The Bertz CT molecular complexity index is 2850. The summed E-state index contributed by atoms with van der Waals surface area (Å²) >= 11 is 0. The monoisotopic (exact) mass is 979 g/mol. The van der Waals surface area contributed by atoms with E-state index in [1.165, 1.54) is 21.5 Å². The van der Waals surface area contributed by atoms with Crippen LogP contribution in [0.1, 0.15) is 0 Å². The van der Waals surface area contributed by atoms with Crippen molar-refractivity contribution in [2.45, 2.75) is 0 Å². The number of ether oxygens (including phenoxy) is 2. The van der Waals surface area contributed by atoms with Crippen LogP contribution in [0, 0.1) is 12.1 Å². The number of benzene rings is 6. The molecule has 10 aromatic rings. The van der Waals surface area contributed by atoms with E-state index in [0.29, 0.717) is 0 Å². The molecule has 4 aromatic heterocycles. The van der Waals surface area contributed by atoms with E-state index in [1.807, 2.05) is 64.8 Å². The van der Waals surface area contributed by atoms with Crippen LogP contribution < -0.4 is 19.3 Å². The first kappa shape index (κ1) is 40.9. The summed E-state index contributed by atoms with van der Waals surface area (Å²) in [6.45, 7) is 0. The maximum absolute atomic E-state index is 5.56. The van der Waals surface area contributed by atoms with Crippen molar-refractivity contribution >= 4 is 55.0 Å². The van der Waals surface area contributed by atoms with E-state index >= 15 is 0 Å². The van der Waals surface area contributed by atoms with Crippen LogP contribution in [0.3, 0.4) is 0 Å². The summed E-state index contributed by atoms with van der Waals surface area (Å²) in [6.07, 6.45) is 3.69. The SMILES string of the molecule is COc1c[c-]c(-c2cc(N(C)C)ccn2)c(-n2c3ccccc3c3ccccc32)c1.COc1c[c-]c(-c2cc(N(C)C)ccn2)c(-n2c3ccccc3c3ccccc32)c1.[Pt+2]. The molecule has 0 atom stereocenters. The van der Waals surface area contributed by atoms with Gasteiger partial charge in [-0.2, -0.15) is 0 Å². The molecule has 0 spiro atoms. The Morgan fingerprint density at radius 2 is 0.787 bits per heavy atom. The molecule has 10 rings (SSSR count). The number of fused-ring (bicyclic) bond motifs is 6. The molecule has 8 nitrogen and oxygen atoms in total. The molecule has 0 unspecified atom stereocenters. The fourth-order valence-electron chi connectivity index (χ4n) is 7.96. The number of pyridine rings is 2. The van der Waals surface area contributed by atoms with Crippen LogP contribution in [0.15, 0.2) is 158 Å². The van der Waals surface area contributed by atoms with Crippen molar-refractivity contribution in [3.8, 4) is 45.4 Å². The van der Waals surface area contributed by atoms with Crippen molar-refractivity contribution in [2.24, 2.45) is 0 Å². The number of anilines is 2. The van der Waals surface area contributed by atoms with Crippen LogP contribution in [0.5, 0.6) is 11.5 Å². The molecule has 304 valence electrons. The number of methoxy groups -OCH3 is 2. The standard InChI is InChI=1S/2C26H22N3O.Pt/c2*1-28(2)18-14-15-27-23(16-18)22-13-12-19(30-3)17-26(22)29-24-10-6-4-8-20(24)21-9-5-7-11-25(21)29;/h2*4-12,14-17H,1-3H3;/q2*-1;+2. The van der Waals surface area contributed by atoms with Crippen molar-refractivity contribution in [1.29, 1.82) is 0 Å². The summed E-state index contributed by atoms with van der Waals surface area (Å²) < 4.78 is 15.7. The van der Waals surface area contributed by atoms with Crippen LogP contribution in [-0.2, 0) is 21.1 Å². The summed E-state index contributed by atoms with van der Waals surface area (Å²) in [6, 6.07) is 56.9. The summed E-state index contributed by atoms with van der Waals surface area (Å²) in [4.78, 5) is 13.5. The van der Waals surface area contributed by atoms with Gasteiger partial charge in [0.1, 0.15) is 0 Å². The average Bonchev–Trinajstić information content (AvgIpc) is 3.82. The normalized spacial score (nSPS) is 11.0. The average molecular weight is 980 g/mol. The molecule has 9 heteroatoms. The van der Waals surface area contributed by atoms with E-state index in [1.54, 1.807) is 14.2 Å². The molecule has 0 fully saturated rings. The number of rotatable bonds is 8. The van der Waals surface area contributed by atoms with Gasteiger partial charge < -0.3 is 38.4 Å². The number of nitrogens with zero attached hydrogens (tertiary/aromatic N) is 6. The smallest absolute Gasteiger partial charge is 0.540 e. The minimum absolute atomic E-state index is 0. The van der Waals surface area contributed by atoms with Crippen molar-refractivity contribution in [3.05, 3.63) is 170 Å². The minimum Gasteiger partial charge on any atom is -0.540 e. The van der Waals surface area contributed by atoms with Crippen LogP contribution in [0.25, 0.3) is 77.5 Å². The Hall–Kier alpha value is -6.89. The first-order valence-electron chi connectivity index (χ1n) is 19.8. The molecule has 0 N–H and O–H groups in total. The van der Waals surface area contributed by atoms with Gasteiger partial charge in [0.25, 0.3) is 0 Å². The molecule has 0 aliphatic rings. The van der Waals surface area contributed by atoms with E-state index < -0.39 is 0 Å². The molecular formula is C52H44N6O2Pt. The van der Waals surface area contributed by atoms with Gasteiger partial charge in [-0.25, -0.2) is 0 Å². The van der Waals surface area contributed by atoms with Gasteiger partial charge in [-0.05, 0) is 59.2 Å². The zero-order valence-corrected chi connectivity index (χ0v) is 37.1. The van der Waals surface area contributed by atoms with Crippen molar-refractivity contribution in [2.75, 3.05) is 52.2 Å². The molecule has 4 heterocycles. The van der Waals surface area contributed by atoms with Gasteiger partial charge in [0.15, 0.2) is 0 Å². The van der Waals surface area contributed by atoms with Gasteiger partial charge in [-0.1, -0.05) is 97.1 Å². The maximum Gasteiger partial charge on any atom is 2.00 e. The Morgan fingerprint density at radius 3 is 1.10 bits per heavy atom. The van der Waals surface area contributed by atoms with E-state index in [2.05, 4.69) is 162 Å². The zero-order valence-electron chi connectivity index (χ0n) is 34.8. The van der Waals surface area contributed by atoms with Crippen molar-refractivity contribution < 1.29 is 30.5 Å². The largest absolute Gasteiger partial charge is 2.00 e. The van der Waals surface area contributed by atoms with Crippen LogP contribution >= 0.6 is 0 Å². The summed E-state index contributed by atoms with van der Waals surface area (Å²) in [5.74, 6) is 1.53. The molecule has 0 aliphatic heterocycles. The predicted molar refractivity (Wildman–Crippen MR) is 247 cm³/mol. The van der Waals surface area contributed by atoms with Gasteiger partial charge in [0.2, 0.25) is 0 Å². The zero-order chi connectivity index (χ0) is 41.3. The van der Waals surface area contributed by atoms with Gasteiger partial charge in [0.05, 0.1) is 14.2 Å². The summed E-state index contributed by atoms with van der Waals surface area (Å²) in [5.41, 5.74) is 12.4. The molecular weight excluding hydrogens is 936 g/mol. The van der Waals surface area contributed by atoms with Crippen molar-refractivity contribution in [3.63, 3.8) is 0 Å². The molecule has 0 saturated heterocycles. The third-order valence-corrected chi connectivity index (χ3v) is 10.9. The first-order valence-corrected chi connectivity index (χ1v) is 19.8. The number of aromatic nitrogens is 4. The Morgan fingerprint density at radius 1 is 0.459 bits per heavy atom. The van der Waals surface area contributed by atoms with Gasteiger partial charge >= 0.3 is 21.1 Å². The third kappa shape index (κ3) is 7.60. The molecule has 0 amide bonds. The van der Waals surface area contributed by atoms with Gasteiger partial charge in [-0.3, -0.25) is 0 Å². The summed E-state index contributed by atoms with van der Waals surface area (Å²) in [5, 5.41) is 4.88. The fraction of sp³-hybridized carbons (Fsp3) is 0.115. The molecule has 61 heavy (non-hydrogen) atoms. The Balaban J connectivity index is 0.000000166. The predicted octanol–water partition coefficient (Wildman–Crippen LogP) is 11.4. The van der Waals surface area contributed by atoms with E-state index in [-0.39, 0.29) is 21.1 Å². The third-order valence-electron chi connectivity index (χ3n) is 10.9. The van der Waals surface area contributed by atoms with Crippen LogP contribution in [0.4, 0.5) is 11.4 Å². The van der Waals surface area contributed by atoms with Crippen LogP contribution in [-0.4, -0.2) is 61.5 Å². The second kappa shape index (κ2) is 17.4. The van der Waals surface area contributed by atoms with Crippen molar-refractivity contribution in [1.82, 2.24) is 19.1 Å². The minimum atomic E-state index is 0. The number of hydrogen-bond donors (Lipinski definition) is 0. The van der Waals surface area contributed by atoms with E-state index in [4.69, 9.17) is 9.47 Å². The first-order chi connectivity index (χ1) is 29.3. The van der Waals surface area contributed by atoms with E-state index in [0.717, 1.165) is 78.8 Å². The number of hydrogen-bond acceptors (Lipinski definition) is 6. The Labute approximate surface area is 370 Å². The quantitative estimate of drug-likeness (QED) is 0.141. The molecule has 0 saturated carbocycles. The second-order valence-electron chi connectivity index (χ2n) is 14.9. The summed E-state index contributed by atoms with van der Waals surface area (Å²) in [7, 11) is 11.5. The second-order valence-corrected chi connectivity index (χ2v) is 14.9. The molecule has 0 aliphatic carbocycles. The van der Waals surface area contributed by atoms with Gasteiger partial charge in [0, 0.05) is 107 Å². The van der Waals surface area contributed by atoms with Crippen LogP contribution in [0.2, 0.25) is 0 Å².